The lowest BCUT2D eigenvalue weighted by molar-refractivity contribution is -0.143. The van der Waals surface area contributed by atoms with Crippen LogP contribution in [0.25, 0.3) is 0 Å². The third kappa shape index (κ3) is 75.4. The highest BCUT2D eigenvalue weighted by Gasteiger charge is 2.20. The highest BCUT2D eigenvalue weighted by molar-refractivity contribution is 5.76. The Morgan fingerprint density at radius 1 is 0.311 bits per heavy atom. The normalized spacial score (nSPS) is 12.5. The second-order valence-corrected chi connectivity index (χ2v) is 28.8. The molecule has 1 amide bonds. The van der Waals surface area contributed by atoms with Crippen molar-refractivity contribution in [2.24, 2.45) is 0 Å². The molecular formula is C84H163NO5. The third-order valence-corrected chi connectivity index (χ3v) is 19.8. The number of unbranched alkanes of at least 4 members (excludes halogenated alkanes) is 64. The zero-order valence-electron chi connectivity index (χ0n) is 61.4. The van der Waals surface area contributed by atoms with Gasteiger partial charge in [-0.3, -0.25) is 9.59 Å². The van der Waals surface area contributed by atoms with E-state index in [1.54, 1.807) is 0 Å². The van der Waals surface area contributed by atoms with Crippen LogP contribution in [0, 0.1) is 0 Å². The molecule has 0 aromatic carbocycles. The molecule has 3 N–H and O–H groups in total. The van der Waals surface area contributed by atoms with Gasteiger partial charge in [-0.05, 0) is 57.8 Å². The maximum Gasteiger partial charge on any atom is 0.305 e. The maximum absolute atomic E-state index is 12.6. The summed E-state index contributed by atoms with van der Waals surface area (Å²) >= 11 is 0. The Morgan fingerprint density at radius 3 is 0.844 bits per heavy atom. The minimum atomic E-state index is -0.663. The van der Waals surface area contributed by atoms with Crippen LogP contribution in [-0.2, 0) is 14.3 Å². The first-order valence-electron chi connectivity index (χ1n) is 41.6. The number of aliphatic hydroxyl groups excluding tert-OH is 2. The minimum absolute atomic E-state index is 0.0228. The molecule has 0 aliphatic heterocycles. The number of amides is 1. The van der Waals surface area contributed by atoms with Crippen molar-refractivity contribution < 1.29 is 24.5 Å². The molecule has 0 aromatic rings. The maximum atomic E-state index is 12.6. The van der Waals surface area contributed by atoms with Crippen molar-refractivity contribution in [1.82, 2.24) is 5.32 Å². The van der Waals surface area contributed by atoms with Gasteiger partial charge >= 0.3 is 5.97 Å². The second-order valence-electron chi connectivity index (χ2n) is 28.8. The fourth-order valence-electron chi connectivity index (χ4n) is 13.4. The van der Waals surface area contributed by atoms with E-state index >= 15 is 0 Å². The lowest BCUT2D eigenvalue weighted by Gasteiger charge is -2.22. The minimum Gasteiger partial charge on any atom is -0.466 e. The molecule has 0 aliphatic carbocycles. The molecule has 0 spiro atoms. The van der Waals surface area contributed by atoms with Crippen molar-refractivity contribution >= 4 is 11.9 Å². The number of aliphatic hydroxyl groups is 2. The second kappa shape index (κ2) is 79.8. The third-order valence-electron chi connectivity index (χ3n) is 19.8. The van der Waals surface area contributed by atoms with Gasteiger partial charge in [0.25, 0.3) is 0 Å². The average Bonchev–Trinajstić information content (AvgIpc) is 3.60. The Hall–Kier alpha value is -1.66. The average molecular weight is 1270 g/mol. The van der Waals surface area contributed by atoms with Crippen LogP contribution in [0.4, 0.5) is 0 Å². The zero-order valence-corrected chi connectivity index (χ0v) is 61.4. The van der Waals surface area contributed by atoms with E-state index in [2.05, 4.69) is 43.5 Å². The van der Waals surface area contributed by atoms with Crippen molar-refractivity contribution in [2.45, 2.75) is 488 Å². The number of rotatable bonds is 79. The molecule has 0 radical (unpaired) electrons. The first kappa shape index (κ1) is 88.3. The van der Waals surface area contributed by atoms with Crippen LogP contribution in [0.3, 0.4) is 0 Å². The first-order valence-corrected chi connectivity index (χ1v) is 41.6. The van der Waals surface area contributed by atoms with Crippen LogP contribution in [-0.4, -0.2) is 47.4 Å². The van der Waals surface area contributed by atoms with E-state index in [4.69, 9.17) is 4.74 Å². The Kier molecular flexibility index (Phi) is 78.3. The van der Waals surface area contributed by atoms with Gasteiger partial charge in [-0.1, -0.05) is 430 Å². The lowest BCUT2D eigenvalue weighted by atomic mass is 10.0. The van der Waals surface area contributed by atoms with Gasteiger partial charge in [0.2, 0.25) is 5.91 Å². The summed E-state index contributed by atoms with van der Waals surface area (Å²) in [5.74, 6) is -0.00394. The predicted molar refractivity (Wildman–Crippen MR) is 398 cm³/mol. The Bertz CT molecular complexity index is 1410. The van der Waals surface area contributed by atoms with Gasteiger partial charge in [0.1, 0.15) is 0 Å². The number of ether oxygens (including phenoxy) is 1. The number of carbonyl (C=O) groups excluding carboxylic acids is 2. The van der Waals surface area contributed by atoms with Gasteiger partial charge in [0.05, 0.1) is 25.4 Å². The summed E-state index contributed by atoms with van der Waals surface area (Å²) in [5, 5.41) is 23.5. The fourth-order valence-corrected chi connectivity index (χ4v) is 13.4. The number of hydrogen-bond donors (Lipinski definition) is 3. The van der Waals surface area contributed by atoms with Crippen molar-refractivity contribution in [1.29, 1.82) is 0 Å². The van der Waals surface area contributed by atoms with E-state index in [0.717, 1.165) is 44.9 Å². The van der Waals surface area contributed by atoms with Gasteiger partial charge in [0.15, 0.2) is 0 Å². The van der Waals surface area contributed by atoms with E-state index < -0.39 is 12.1 Å². The predicted octanol–water partition coefficient (Wildman–Crippen LogP) is 27.6. The van der Waals surface area contributed by atoms with E-state index in [0.29, 0.717) is 25.9 Å². The van der Waals surface area contributed by atoms with Crippen molar-refractivity contribution in [3.8, 4) is 0 Å². The topological polar surface area (TPSA) is 95.9 Å². The smallest absolute Gasteiger partial charge is 0.305 e. The van der Waals surface area contributed by atoms with Crippen LogP contribution in [0.2, 0.25) is 0 Å². The fraction of sp³-hybridized carbons (Fsp3) is 0.929. The van der Waals surface area contributed by atoms with Crippen LogP contribution in [0.1, 0.15) is 476 Å². The molecule has 90 heavy (non-hydrogen) atoms. The van der Waals surface area contributed by atoms with Crippen LogP contribution >= 0.6 is 0 Å². The first-order chi connectivity index (χ1) is 44.5. The Labute approximate surface area is 564 Å². The highest BCUT2D eigenvalue weighted by Crippen LogP contribution is 2.20. The molecule has 0 aliphatic rings. The molecule has 0 fully saturated rings. The molecule has 0 aromatic heterocycles. The highest BCUT2D eigenvalue weighted by atomic mass is 16.5. The molecule has 0 saturated heterocycles. The van der Waals surface area contributed by atoms with Crippen LogP contribution < -0.4 is 5.32 Å². The number of carbonyl (C=O) groups is 2. The van der Waals surface area contributed by atoms with E-state index in [1.165, 1.54) is 398 Å². The van der Waals surface area contributed by atoms with Crippen LogP contribution in [0.15, 0.2) is 24.3 Å². The van der Waals surface area contributed by atoms with Crippen LogP contribution in [0.5, 0.6) is 0 Å². The quantitative estimate of drug-likeness (QED) is 0.0320. The molecule has 534 valence electrons. The van der Waals surface area contributed by atoms with Gasteiger partial charge in [-0.15, -0.1) is 0 Å². The van der Waals surface area contributed by atoms with E-state index in [9.17, 15) is 19.8 Å². The van der Waals surface area contributed by atoms with Gasteiger partial charge in [0, 0.05) is 12.8 Å². The number of nitrogens with one attached hydrogen (secondary N) is 1. The molecule has 2 unspecified atom stereocenters. The lowest BCUT2D eigenvalue weighted by Crippen LogP contribution is -2.45. The molecule has 0 saturated carbocycles. The summed E-state index contributed by atoms with van der Waals surface area (Å²) in [7, 11) is 0. The molecule has 2 atom stereocenters. The summed E-state index contributed by atoms with van der Waals surface area (Å²) < 4.78 is 5.51. The standard InChI is InChI=1S/C84H163NO5/c1-3-5-7-9-11-13-15-17-19-20-21-39-42-45-49-52-56-60-64-68-72-76-82(87)81(80-86)85-83(88)77-73-69-65-61-57-53-50-46-43-40-37-35-33-31-29-27-25-23-22-24-26-28-30-32-34-36-38-41-44-47-51-55-59-63-67-71-75-79-90-84(89)78-74-70-66-62-58-54-48-18-16-14-12-10-8-6-4-2/h22,24,28,30,81-82,86-87H,3-21,23,25-27,29,31-80H2,1-2H3,(H,85,88)/b24-22-,30-28-. The molecule has 6 nitrogen and oxygen atoms in total. The SMILES string of the molecule is CCCCCCCCCCCCCCCCCCCCCCCC(O)C(CO)NC(=O)CCCCCCCCCCCCCCCCCCC/C=C\C/C=C\CCCCCCCCCCCCCCCOC(=O)CCCCCCCCCCCCCCCCC. The summed E-state index contributed by atoms with van der Waals surface area (Å²) in [5.41, 5.74) is 0. The van der Waals surface area contributed by atoms with E-state index in [1.807, 2.05) is 0 Å². The largest absolute Gasteiger partial charge is 0.466 e. The zero-order chi connectivity index (χ0) is 64.9. The summed E-state index contributed by atoms with van der Waals surface area (Å²) in [6, 6.07) is -0.540. The monoisotopic (exact) mass is 1270 g/mol. The summed E-state index contributed by atoms with van der Waals surface area (Å²) in [4.78, 5) is 24.7. The molecular weight excluding hydrogens is 1100 g/mol. The summed E-state index contributed by atoms with van der Waals surface area (Å²) in [6.07, 6.45) is 103. The molecule has 0 heterocycles. The Balaban J connectivity index is 3.35. The number of hydrogen-bond acceptors (Lipinski definition) is 5. The molecule has 6 heteroatoms. The molecule has 0 bridgehead atoms. The van der Waals surface area contributed by atoms with E-state index in [-0.39, 0.29) is 18.5 Å². The Morgan fingerprint density at radius 2 is 0.556 bits per heavy atom. The van der Waals surface area contributed by atoms with Gasteiger partial charge in [-0.25, -0.2) is 0 Å². The molecule has 0 rings (SSSR count). The number of esters is 1. The number of allylic oxidation sites excluding steroid dienone is 4. The van der Waals surface area contributed by atoms with Crippen molar-refractivity contribution in [3.05, 3.63) is 24.3 Å². The summed E-state index contributed by atoms with van der Waals surface area (Å²) in [6.45, 7) is 5.01. The van der Waals surface area contributed by atoms with Crippen molar-refractivity contribution in [2.75, 3.05) is 13.2 Å². The van der Waals surface area contributed by atoms with Crippen molar-refractivity contribution in [3.63, 3.8) is 0 Å². The van der Waals surface area contributed by atoms with Gasteiger partial charge < -0.3 is 20.3 Å². The van der Waals surface area contributed by atoms with Gasteiger partial charge in [-0.2, -0.15) is 0 Å².